The summed E-state index contributed by atoms with van der Waals surface area (Å²) < 4.78 is 24.8. The molecule has 1 amide bonds. The quantitative estimate of drug-likeness (QED) is 0.859. The molecule has 1 aliphatic rings. The Morgan fingerprint density at radius 1 is 1.16 bits per heavy atom. The minimum Gasteiger partial charge on any atom is -0.490 e. The molecular formula is C20H20FNO3. The molecule has 0 spiro atoms. The van der Waals surface area contributed by atoms with E-state index in [-0.39, 0.29) is 17.8 Å². The number of carbonyl (C=O) groups excluding carboxylic acids is 1. The van der Waals surface area contributed by atoms with Crippen molar-refractivity contribution < 1.29 is 18.7 Å². The van der Waals surface area contributed by atoms with Gasteiger partial charge in [0, 0.05) is 18.1 Å². The van der Waals surface area contributed by atoms with Crippen LogP contribution in [0.3, 0.4) is 0 Å². The van der Waals surface area contributed by atoms with Gasteiger partial charge in [-0.15, -0.1) is 0 Å². The molecule has 1 aliphatic heterocycles. The highest BCUT2D eigenvalue weighted by atomic mass is 19.1. The van der Waals surface area contributed by atoms with E-state index in [4.69, 9.17) is 9.47 Å². The molecule has 25 heavy (non-hydrogen) atoms. The molecule has 0 bridgehead atoms. The number of fused-ring (bicyclic) bond motifs is 1. The van der Waals surface area contributed by atoms with Crippen molar-refractivity contribution in [2.45, 2.75) is 19.4 Å². The first-order chi connectivity index (χ1) is 12.1. The molecule has 5 heteroatoms. The topological polar surface area (TPSA) is 47.6 Å². The Balaban J connectivity index is 1.65. The van der Waals surface area contributed by atoms with Crippen LogP contribution in [0.5, 0.6) is 11.5 Å². The van der Waals surface area contributed by atoms with Crippen molar-refractivity contribution in [2.75, 3.05) is 13.2 Å². The zero-order chi connectivity index (χ0) is 17.6. The molecule has 2 aromatic carbocycles. The lowest BCUT2D eigenvalue weighted by molar-refractivity contribution is -0.117. The number of benzene rings is 2. The van der Waals surface area contributed by atoms with Crippen LogP contribution < -0.4 is 14.8 Å². The van der Waals surface area contributed by atoms with Gasteiger partial charge in [-0.05, 0) is 36.8 Å². The average molecular weight is 341 g/mol. The normalized spacial score (nSPS) is 14.8. The average Bonchev–Trinajstić information content (AvgIpc) is 2.85. The van der Waals surface area contributed by atoms with E-state index in [9.17, 15) is 9.18 Å². The highest BCUT2D eigenvalue weighted by Gasteiger charge is 2.14. The SMILES string of the molecule is C[C@H](NC(=O)/C=C/c1ccccc1F)c1ccc2c(c1)OCCCO2. The van der Waals surface area contributed by atoms with Gasteiger partial charge in [-0.3, -0.25) is 4.79 Å². The van der Waals surface area contributed by atoms with Crippen LogP contribution in [0.15, 0.2) is 48.5 Å². The maximum Gasteiger partial charge on any atom is 0.244 e. The Hall–Kier alpha value is -2.82. The van der Waals surface area contributed by atoms with Gasteiger partial charge in [-0.25, -0.2) is 4.39 Å². The Morgan fingerprint density at radius 3 is 2.72 bits per heavy atom. The van der Waals surface area contributed by atoms with Gasteiger partial charge in [0.1, 0.15) is 5.82 Å². The summed E-state index contributed by atoms with van der Waals surface area (Å²) in [6.45, 7) is 3.14. The Morgan fingerprint density at radius 2 is 1.92 bits per heavy atom. The molecule has 4 nitrogen and oxygen atoms in total. The van der Waals surface area contributed by atoms with Crippen LogP contribution in [0.2, 0.25) is 0 Å². The van der Waals surface area contributed by atoms with Crippen LogP contribution >= 0.6 is 0 Å². The van der Waals surface area contributed by atoms with Gasteiger partial charge in [0.05, 0.1) is 19.3 Å². The largest absolute Gasteiger partial charge is 0.490 e. The van der Waals surface area contributed by atoms with Crippen molar-refractivity contribution in [3.63, 3.8) is 0 Å². The van der Waals surface area contributed by atoms with E-state index in [0.29, 0.717) is 24.5 Å². The van der Waals surface area contributed by atoms with E-state index in [1.165, 1.54) is 18.2 Å². The van der Waals surface area contributed by atoms with Crippen LogP contribution in [0.4, 0.5) is 4.39 Å². The first-order valence-electron chi connectivity index (χ1n) is 8.26. The second-order valence-electron chi connectivity index (χ2n) is 5.84. The highest BCUT2D eigenvalue weighted by molar-refractivity contribution is 5.92. The van der Waals surface area contributed by atoms with Gasteiger partial charge in [0.15, 0.2) is 11.5 Å². The fraction of sp³-hybridized carbons (Fsp3) is 0.250. The van der Waals surface area contributed by atoms with Crippen molar-refractivity contribution in [3.8, 4) is 11.5 Å². The van der Waals surface area contributed by atoms with Gasteiger partial charge in [0.2, 0.25) is 5.91 Å². The van der Waals surface area contributed by atoms with Gasteiger partial charge in [-0.1, -0.05) is 24.3 Å². The predicted molar refractivity (Wildman–Crippen MR) is 94.0 cm³/mol. The van der Waals surface area contributed by atoms with Gasteiger partial charge >= 0.3 is 0 Å². The molecule has 1 heterocycles. The number of nitrogens with one attached hydrogen (secondary N) is 1. The van der Waals surface area contributed by atoms with Crippen LogP contribution in [0, 0.1) is 5.82 Å². The zero-order valence-corrected chi connectivity index (χ0v) is 14.0. The van der Waals surface area contributed by atoms with E-state index >= 15 is 0 Å². The van der Waals surface area contributed by atoms with Crippen LogP contribution in [0.25, 0.3) is 6.08 Å². The third-order valence-electron chi connectivity index (χ3n) is 3.95. The van der Waals surface area contributed by atoms with E-state index in [1.807, 2.05) is 25.1 Å². The number of carbonyl (C=O) groups is 1. The molecule has 0 aliphatic carbocycles. The van der Waals surface area contributed by atoms with Crippen molar-refractivity contribution in [2.24, 2.45) is 0 Å². The Labute approximate surface area is 146 Å². The lowest BCUT2D eigenvalue weighted by Gasteiger charge is -2.15. The van der Waals surface area contributed by atoms with Gasteiger partial charge in [-0.2, -0.15) is 0 Å². The number of ether oxygens (including phenoxy) is 2. The first kappa shape index (κ1) is 17.0. The summed E-state index contributed by atoms with van der Waals surface area (Å²) in [5, 5.41) is 2.86. The molecule has 1 atom stereocenters. The summed E-state index contributed by atoms with van der Waals surface area (Å²) in [5.41, 5.74) is 1.29. The van der Waals surface area contributed by atoms with Crippen molar-refractivity contribution >= 4 is 12.0 Å². The second kappa shape index (κ2) is 7.83. The maximum absolute atomic E-state index is 13.6. The van der Waals surface area contributed by atoms with Crippen molar-refractivity contribution in [3.05, 3.63) is 65.5 Å². The number of hydrogen-bond acceptors (Lipinski definition) is 3. The second-order valence-corrected chi connectivity index (χ2v) is 5.84. The third-order valence-corrected chi connectivity index (χ3v) is 3.95. The summed E-state index contributed by atoms with van der Waals surface area (Å²) in [6.07, 6.45) is 3.64. The molecule has 130 valence electrons. The van der Waals surface area contributed by atoms with Gasteiger partial charge < -0.3 is 14.8 Å². The molecule has 3 rings (SSSR count). The predicted octanol–water partition coefficient (Wildman–Crippen LogP) is 3.88. The number of amides is 1. The fourth-order valence-corrected chi connectivity index (χ4v) is 2.57. The summed E-state index contributed by atoms with van der Waals surface area (Å²) in [5.74, 6) is 0.766. The molecule has 0 saturated carbocycles. The maximum atomic E-state index is 13.6. The monoisotopic (exact) mass is 341 g/mol. The summed E-state index contributed by atoms with van der Waals surface area (Å²) in [4.78, 5) is 12.1. The Bertz CT molecular complexity index is 788. The molecule has 2 aromatic rings. The lowest BCUT2D eigenvalue weighted by atomic mass is 10.1. The Kier molecular flexibility index (Phi) is 5.33. The minimum absolute atomic E-state index is 0.213. The number of hydrogen-bond donors (Lipinski definition) is 1. The minimum atomic E-state index is -0.359. The summed E-state index contributed by atoms with van der Waals surface area (Å²) in [6, 6.07) is 11.7. The van der Waals surface area contributed by atoms with E-state index < -0.39 is 0 Å². The highest BCUT2D eigenvalue weighted by Crippen LogP contribution is 2.32. The van der Waals surface area contributed by atoms with Crippen LogP contribution in [0.1, 0.15) is 30.5 Å². The summed E-state index contributed by atoms with van der Waals surface area (Å²) in [7, 11) is 0. The standard InChI is InChI=1S/C20H20FNO3/c1-14(16-7-9-18-19(13-16)25-12-4-11-24-18)22-20(23)10-8-15-5-2-3-6-17(15)21/h2-3,5-10,13-14H,4,11-12H2,1H3,(H,22,23)/b10-8+/t14-/m0/s1. The smallest absolute Gasteiger partial charge is 0.244 e. The van der Waals surface area contributed by atoms with Crippen molar-refractivity contribution in [1.82, 2.24) is 5.32 Å². The molecular weight excluding hydrogens is 321 g/mol. The first-order valence-corrected chi connectivity index (χ1v) is 8.26. The van der Waals surface area contributed by atoms with E-state index in [1.54, 1.807) is 18.2 Å². The van der Waals surface area contributed by atoms with E-state index in [0.717, 1.165) is 17.7 Å². The van der Waals surface area contributed by atoms with E-state index in [2.05, 4.69) is 5.32 Å². The molecule has 0 saturated heterocycles. The molecule has 0 fully saturated rings. The fourth-order valence-electron chi connectivity index (χ4n) is 2.57. The summed E-state index contributed by atoms with van der Waals surface area (Å²) >= 11 is 0. The molecule has 0 radical (unpaired) electrons. The lowest BCUT2D eigenvalue weighted by Crippen LogP contribution is -2.24. The number of halogens is 1. The molecule has 0 aromatic heterocycles. The zero-order valence-electron chi connectivity index (χ0n) is 14.0. The molecule has 0 unspecified atom stereocenters. The van der Waals surface area contributed by atoms with Gasteiger partial charge in [0.25, 0.3) is 0 Å². The van der Waals surface area contributed by atoms with Crippen molar-refractivity contribution in [1.29, 1.82) is 0 Å². The van der Waals surface area contributed by atoms with Crippen LogP contribution in [-0.4, -0.2) is 19.1 Å². The number of rotatable bonds is 4. The molecule has 1 N–H and O–H groups in total. The van der Waals surface area contributed by atoms with Crippen LogP contribution in [-0.2, 0) is 4.79 Å². The third kappa shape index (κ3) is 4.38.